The molecule has 1 aromatic carbocycles. The molecule has 2 unspecified atom stereocenters. The average molecular weight is 362 g/mol. The molecule has 5 N–H and O–H groups in total. The minimum Gasteiger partial charge on any atom is -0.535 e. The van der Waals surface area contributed by atoms with E-state index in [1.165, 1.54) is 6.07 Å². The van der Waals surface area contributed by atoms with Crippen LogP contribution in [-0.2, 0) is 11.2 Å². The molecule has 26 heavy (non-hydrogen) atoms. The number of ketones is 1. The highest BCUT2D eigenvalue weighted by Crippen LogP contribution is 2.36. The van der Waals surface area contributed by atoms with Crippen molar-refractivity contribution in [3.63, 3.8) is 0 Å². The summed E-state index contributed by atoms with van der Waals surface area (Å²) in [6, 6.07) is 4.44. The minimum atomic E-state index is -1.22. The van der Waals surface area contributed by atoms with Crippen molar-refractivity contribution in [2.24, 2.45) is 5.73 Å². The quantitative estimate of drug-likeness (QED) is 0.517. The number of carbonyl (C=O) groups is 2. The van der Waals surface area contributed by atoms with E-state index < -0.39 is 25.0 Å². The number of carbonyl (C=O) groups excluding carboxylic acids is 1. The number of nitrogens with zero attached hydrogens (tertiary/aromatic N) is 1. The monoisotopic (exact) mass is 362 g/mol. The number of fused-ring (bicyclic) bond motifs is 1. The molecule has 1 fully saturated rings. The molecule has 0 bridgehead atoms. The van der Waals surface area contributed by atoms with E-state index in [4.69, 9.17) is 10.4 Å². The summed E-state index contributed by atoms with van der Waals surface area (Å²) in [7, 11) is -1.22. The number of likely N-dealkylation sites (tertiary alicyclic amines) is 1. The summed E-state index contributed by atoms with van der Waals surface area (Å²) in [6.45, 7) is 1.28. The van der Waals surface area contributed by atoms with Crippen LogP contribution in [0.25, 0.3) is 0 Å². The molecule has 0 spiro atoms. The zero-order chi connectivity index (χ0) is 18.8. The Kier molecular flexibility index (Phi) is 5.62. The van der Waals surface area contributed by atoms with Gasteiger partial charge in [0.05, 0.1) is 18.2 Å². The van der Waals surface area contributed by atoms with E-state index in [9.17, 15) is 24.8 Å². The summed E-state index contributed by atoms with van der Waals surface area (Å²) in [5, 5.41) is 29.1. The Morgan fingerprint density at radius 1 is 1.38 bits per heavy atom. The van der Waals surface area contributed by atoms with Crippen LogP contribution in [0, 0.1) is 0 Å². The predicted molar refractivity (Wildman–Crippen MR) is 94.1 cm³/mol. The first kappa shape index (κ1) is 18.8. The number of hydrogen-bond donors (Lipinski definition) is 4. The van der Waals surface area contributed by atoms with E-state index in [-0.39, 0.29) is 36.1 Å². The first-order valence-electron chi connectivity index (χ1n) is 8.72. The van der Waals surface area contributed by atoms with Gasteiger partial charge in [-0.3, -0.25) is 9.69 Å². The van der Waals surface area contributed by atoms with Crippen LogP contribution >= 0.6 is 0 Å². The van der Waals surface area contributed by atoms with Gasteiger partial charge in [-0.25, -0.2) is 4.79 Å². The van der Waals surface area contributed by atoms with Crippen LogP contribution in [0.3, 0.4) is 0 Å². The van der Waals surface area contributed by atoms with Gasteiger partial charge in [-0.1, -0.05) is 12.1 Å². The molecule has 0 saturated carbocycles. The Balaban J connectivity index is 1.61. The van der Waals surface area contributed by atoms with E-state index >= 15 is 0 Å². The third kappa shape index (κ3) is 4.07. The normalized spacial score (nSPS) is 26.1. The van der Waals surface area contributed by atoms with Crippen molar-refractivity contribution < 1.29 is 29.5 Å². The molecule has 1 saturated heterocycles. The molecule has 2 aliphatic heterocycles. The molecule has 0 radical (unpaired) electrons. The smallest absolute Gasteiger partial charge is 0.526 e. The Bertz CT molecular complexity index is 700. The fourth-order valence-corrected chi connectivity index (χ4v) is 3.62. The van der Waals surface area contributed by atoms with Gasteiger partial charge < -0.3 is 25.6 Å². The van der Waals surface area contributed by atoms with E-state index in [1.54, 1.807) is 12.1 Å². The molecule has 0 aromatic heterocycles. The molecular weight excluding hydrogens is 339 g/mol. The fraction of sp³-hybridized carbons (Fsp3) is 0.529. The van der Waals surface area contributed by atoms with Crippen molar-refractivity contribution in [3.05, 3.63) is 29.3 Å². The molecule has 9 heteroatoms. The lowest BCUT2D eigenvalue weighted by atomic mass is 9.64. The van der Waals surface area contributed by atoms with Crippen LogP contribution in [-0.4, -0.2) is 70.8 Å². The van der Waals surface area contributed by atoms with Gasteiger partial charge in [0.25, 0.3) is 0 Å². The lowest BCUT2D eigenvalue weighted by Gasteiger charge is -2.34. The van der Waals surface area contributed by atoms with E-state index in [0.717, 1.165) is 0 Å². The number of aromatic carboxylic acids is 1. The number of rotatable bonds is 5. The van der Waals surface area contributed by atoms with Gasteiger partial charge in [0.1, 0.15) is 11.5 Å². The minimum absolute atomic E-state index is 0.00666. The third-order valence-corrected chi connectivity index (χ3v) is 5.05. The van der Waals surface area contributed by atoms with Gasteiger partial charge in [0.15, 0.2) is 0 Å². The van der Waals surface area contributed by atoms with Crippen LogP contribution in [0.4, 0.5) is 0 Å². The lowest BCUT2D eigenvalue weighted by Crippen LogP contribution is -2.52. The maximum absolute atomic E-state index is 12.4. The highest BCUT2D eigenvalue weighted by molar-refractivity contribution is 6.47. The molecule has 140 valence electrons. The summed E-state index contributed by atoms with van der Waals surface area (Å²) in [5.41, 5.74) is 6.52. The molecule has 3 atom stereocenters. The zero-order valence-corrected chi connectivity index (χ0v) is 14.4. The van der Waals surface area contributed by atoms with Crippen LogP contribution in [0.2, 0.25) is 5.82 Å². The lowest BCUT2D eigenvalue weighted by molar-refractivity contribution is -0.121. The van der Waals surface area contributed by atoms with Gasteiger partial charge in [-0.2, -0.15) is 0 Å². The molecule has 0 amide bonds. The summed E-state index contributed by atoms with van der Waals surface area (Å²) in [5.74, 6) is -1.42. The zero-order valence-electron chi connectivity index (χ0n) is 14.4. The number of Topliss-reactive ketones (excluding diaryl/α,β-unsaturated/α-hetero) is 1. The maximum atomic E-state index is 12.4. The Morgan fingerprint density at radius 2 is 2.15 bits per heavy atom. The maximum Gasteiger partial charge on any atom is 0.526 e. The molecule has 2 aliphatic rings. The van der Waals surface area contributed by atoms with E-state index in [1.807, 2.05) is 4.90 Å². The number of hydrogen-bond acceptors (Lipinski definition) is 7. The van der Waals surface area contributed by atoms with Crippen molar-refractivity contribution in [2.45, 2.75) is 37.2 Å². The van der Waals surface area contributed by atoms with Crippen molar-refractivity contribution in [1.82, 2.24) is 4.90 Å². The summed E-state index contributed by atoms with van der Waals surface area (Å²) < 4.78 is 5.41. The van der Waals surface area contributed by atoms with Gasteiger partial charge in [-0.05, 0) is 24.5 Å². The molecule has 0 aliphatic carbocycles. The van der Waals surface area contributed by atoms with Crippen LogP contribution in [0.15, 0.2) is 18.2 Å². The van der Waals surface area contributed by atoms with Gasteiger partial charge in [0, 0.05) is 31.4 Å². The van der Waals surface area contributed by atoms with Crippen molar-refractivity contribution in [2.75, 3.05) is 19.6 Å². The van der Waals surface area contributed by atoms with Gasteiger partial charge in [-0.15, -0.1) is 0 Å². The number of aliphatic hydroxyl groups excluding tert-OH is 1. The van der Waals surface area contributed by atoms with Crippen LogP contribution in [0.1, 0.15) is 28.8 Å². The summed E-state index contributed by atoms with van der Waals surface area (Å²) in [6.07, 6.45) is 0.512. The predicted octanol–water partition coefficient (Wildman–Crippen LogP) is -0.477. The Labute approximate surface area is 151 Å². The highest BCUT2D eigenvalue weighted by atomic mass is 16.5. The summed E-state index contributed by atoms with van der Waals surface area (Å²) in [4.78, 5) is 25.6. The van der Waals surface area contributed by atoms with Crippen molar-refractivity contribution in [1.29, 1.82) is 0 Å². The van der Waals surface area contributed by atoms with Crippen LogP contribution < -0.4 is 10.4 Å². The third-order valence-electron chi connectivity index (χ3n) is 5.05. The second-order valence-corrected chi connectivity index (χ2v) is 7.07. The Hall–Kier alpha value is -1.94. The number of piperidine rings is 1. The molecule has 3 rings (SSSR count). The van der Waals surface area contributed by atoms with Crippen molar-refractivity contribution in [3.8, 4) is 5.75 Å². The first-order valence-corrected chi connectivity index (χ1v) is 8.72. The SMILES string of the molecule is NC1CN(CC(=O)C[C@H]2Cc3cccc(C(=O)O)c3OB2O)CCC1O. The highest BCUT2D eigenvalue weighted by Gasteiger charge is 2.38. The van der Waals surface area contributed by atoms with Crippen LogP contribution in [0.5, 0.6) is 5.75 Å². The molecule has 8 nitrogen and oxygen atoms in total. The van der Waals surface area contributed by atoms with E-state index in [2.05, 4.69) is 0 Å². The average Bonchev–Trinajstić information content (AvgIpc) is 2.58. The van der Waals surface area contributed by atoms with Gasteiger partial charge >= 0.3 is 13.1 Å². The Morgan fingerprint density at radius 3 is 2.85 bits per heavy atom. The number of carboxylic acids is 1. The fourth-order valence-electron chi connectivity index (χ4n) is 3.62. The number of para-hydroxylation sites is 1. The standard InChI is InChI=1S/C17H23BN2O6/c19-14-9-20(5-4-15(14)22)8-12(21)7-11-6-10-2-1-3-13(17(23)24)16(10)26-18(11)25/h1-3,11,14-15,22,25H,4-9,19H2,(H,23,24)/t11-,14?,15?/m1/s1. The largest absolute Gasteiger partial charge is 0.535 e. The van der Waals surface area contributed by atoms with Gasteiger partial charge in [0.2, 0.25) is 0 Å². The first-order chi connectivity index (χ1) is 12.3. The number of carboxylic acid groups (broad SMARTS) is 1. The summed E-state index contributed by atoms with van der Waals surface area (Å²) >= 11 is 0. The second kappa shape index (κ2) is 7.75. The number of aliphatic hydroxyl groups is 1. The molecule has 1 aromatic rings. The topological polar surface area (TPSA) is 133 Å². The number of benzene rings is 1. The number of nitrogens with two attached hydrogens (primary N) is 1. The van der Waals surface area contributed by atoms with E-state index in [0.29, 0.717) is 31.5 Å². The van der Waals surface area contributed by atoms with Crippen molar-refractivity contribution >= 4 is 18.9 Å². The molecule has 2 heterocycles. The second-order valence-electron chi connectivity index (χ2n) is 7.07. The molecular formula is C17H23BN2O6.